The molecular formula is C11H18N8. The van der Waals surface area contributed by atoms with Crippen molar-refractivity contribution >= 4 is 11.6 Å². The molecule has 0 radical (unpaired) electrons. The van der Waals surface area contributed by atoms with Crippen LogP contribution < -0.4 is 16.6 Å². The van der Waals surface area contributed by atoms with Crippen molar-refractivity contribution in [3.8, 4) is 0 Å². The van der Waals surface area contributed by atoms with Gasteiger partial charge in [0.2, 0.25) is 0 Å². The maximum absolute atomic E-state index is 5.42. The Morgan fingerprint density at radius 2 is 2.00 bits per heavy atom. The van der Waals surface area contributed by atoms with Gasteiger partial charge in [-0.2, -0.15) is 0 Å². The average Bonchev–Trinajstić information content (AvgIpc) is 2.79. The second kappa shape index (κ2) is 5.61. The number of hydrogen-bond acceptors (Lipinski definition) is 7. The van der Waals surface area contributed by atoms with Crippen molar-refractivity contribution in [3.05, 3.63) is 23.5 Å². The van der Waals surface area contributed by atoms with Gasteiger partial charge in [-0.15, -0.1) is 10.2 Å². The molecule has 2 aromatic heterocycles. The zero-order chi connectivity index (χ0) is 13.8. The smallest absolute Gasteiger partial charge is 0.148 e. The first kappa shape index (κ1) is 13.2. The normalized spacial score (nSPS) is 10.5. The van der Waals surface area contributed by atoms with Crippen molar-refractivity contribution in [3.63, 3.8) is 0 Å². The summed E-state index contributed by atoms with van der Waals surface area (Å²) in [6.07, 6.45) is 2.45. The highest BCUT2D eigenvalue weighted by atomic mass is 15.3. The Morgan fingerprint density at radius 1 is 1.26 bits per heavy atom. The van der Waals surface area contributed by atoms with Crippen molar-refractivity contribution < 1.29 is 0 Å². The van der Waals surface area contributed by atoms with Crippen LogP contribution in [0.2, 0.25) is 0 Å². The summed E-state index contributed by atoms with van der Waals surface area (Å²) in [5.41, 5.74) is 3.47. The van der Waals surface area contributed by atoms with Gasteiger partial charge in [-0.25, -0.2) is 15.8 Å². The molecule has 0 aromatic carbocycles. The predicted molar refractivity (Wildman–Crippen MR) is 72.5 cm³/mol. The molecule has 4 N–H and O–H groups in total. The second-order valence-corrected chi connectivity index (χ2v) is 4.27. The van der Waals surface area contributed by atoms with Crippen LogP contribution in [0.3, 0.4) is 0 Å². The third-order valence-electron chi connectivity index (χ3n) is 2.84. The number of nitrogens with two attached hydrogens (primary N) is 1. The molecule has 2 heterocycles. The van der Waals surface area contributed by atoms with Gasteiger partial charge in [0, 0.05) is 25.6 Å². The Labute approximate surface area is 111 Å². The van der Waals surface area contributed by atoms with Crippen molar-refractivity contribution in [1.29, 1.82) is 0 Å². The van der Waals surface area contributed by atoms with Gasteiger partial charge in [-0.1, -0.05) is 0 Å². The van der Waals surface area contributed by atoms with E-state index in [2.05, 4.69) is 30.9 Å². The molecule has 0 saturated heterocycles. The van der Waals surface area contributed by atoms with E-state index < -0.39 is 0 Å². The van der Waals surface area contributed by atoms with Gasteiger partial charge in [-0.3, -0.25) is 0 Å². The lowest BCUT2D eigenvalue weighted by Gasteiger charge is -2.12. The van der Waals surface area contributed by atoms with E-state index in [0.29, 0.717) is 18.2 Å². The first-order valence-corrected chi connectivity index (χ1v) is 6.00. The zero-order valence-electron chi connectivity index (χ0n) is 11.3. The van der Waals surface area contributed by atoms with Crippen LogP contribution in [0.25, 0.3) is 0 Å². The van der Waals surface area contributed by atoms with Crippen LogP contribution in [0, 0.1) is 13.8 Å². The topological polar surface area (TPSA) is 107 Å². The summed E-state index contributed by atoms with van der Waals surface area (Å²) in [6.45, 7) is 4.46. The van der Waals surface area contributed by atoms with Gasteiger partial charge in [0.25, 0.3) is 0 Å². The van der Waals surface area contributed by atoms with Gasteiger partial charge in [0.1, 0.15) is 29.6 Å². The summed E-state index contributed by atoms with van der Waals surface area (Å²) in [4.78, 5) is 8.57. The number of rotatable bonds is 5. The fraction of sp³-hybridized carbons (Fsp3) is 0.455. The summed E-state index contributed by atoms with van der Waals surface area (Å²) in [6, 6.07) is 0. The van der Waals surface area contributed by atoms with E-state index in [4.69, 9.17) is 5.84 Å². The Balaban J connectivity index is 2.03. The van der Waals surface area contributed by atoms with E-state index in [9.17, 15) is 0 Å². The summed E-state index contributed by atoms with van der Waals surface area (Å²) in [7, 11) is 1.92. The van der Waals surface area contributed by atoms with Gasteiger partial charge < -0.3 is 15.3 Å². The van der Waals surface area contributed by atoms with Crippen LogP contribution >= 0.6 is 0 Å². The highest BCUT2D eigenvalue weighted by molar-refractivity contribution is 5.56. The largest absolute Gasteiger partial charge is 0.369 e. The maximum atomic E-state index is 5.42. The minimum absolute atomic E-state index is 0.633. The first-order chi connectivity index (χ1) is 9.11. The number of nitrogen functional groups attached to an aromatic ring is 1. The van der Waals surface area contributed by atoms with E-state index in [1.807, 2.05) is 25.5 Å². The van der Waals surface area contributed by atoms with E-state index in [1.165, 1.54) is 0 Å². The fourth-order valence-corrected chi connectivity index (χ4v) is 1.77. The first-order valence-electron chi connectivity index (χ1n) is 6.00. The standard InChI is InChI=1S/C11H18N8/c1-7-10(15-8(2)16-11(7)17-12)13-5-4-9-18-14-6-19(9)3/h6H,4-5,12H2,1-3H3,(H2,13,15,16,17). The molecule has 2 aromatic rings. The second-order valence-electron chi connectivity index (χ2n) is 4.27. The van der Waals surface area contributed by atoms with Crippen LogP contribution in [-0.4, -0.2) is 31.3 Å². The molecule has 102 valence electrons. The highest BCUT2D eigenvalue weighted by Gasteiger charge is 2.08. The van der Waals surface area contributed by atoms with E-state index in [-0.39, 0.29) is 0 Å². The maximum Gasteiger partial charge on any atom is 0.148 e. The molecule has 0 aliphatic carbocycles. The van der Waals surface area contributed by atoms with E-state index in [0.717, 1.165) is 23.6 Å². The molecule has 0 bridgehead atoms. The average molecular weight is 262 g/mol. The quantitative estimate of drug-likeness (QED) is 0.520. The number of hydrazine groups is 1. The summed E-state index contributed by atoms with van der Waals surface area (Å²) in [5, 5.41) is 11.1. The lowest BCUT2D eigenvalue weighted by molar-refractivity contribution is 0.786. The fourth-order valence-electron chi connectivity index (χ4n) is 1.77. The van der Waals surface area contributed by atoms with Crippen LogP contribution in [0.4, 0.5) is 11.6 Å². The van der Waals surface area contributed by atoms with Crippen molar-refractivity contribution in [1.82, 2.24) is 24.7 Å². The van der Waals surface area contributed by atoms with Gasteiger partial charge in [0.05, 0.1) is 0 Å². The van der Waals surface area contributed by atoms with Gasteiger partial charge >= 0.3 is 0 Å². The van der Waals surface area contributed by atoms with Gasteiger partial charge in [0.15, 0.2) is 0 Å². The van der Waals surface area contributed by atoms with Crippen LogP contribution in [0.1, 0.15) is 17.2 Å². The molecule has 0 saturated carbocycles. The Morgan fingerprint density at radius 3 is 2.63 bits per heavy atom. The number of anilines is 2. The summed E-state index contributed by atoms with van der Waals surface area (Å²) < 4.78 is 1.90. The zero-order valence-corrected chi connectivity index (χ0v) is 11.3. The van der Waals surface area contributed by atoms with Crippen LogP contribution in [0.5, 0.6) is 0 Å². The number of nitrogens with zero attached hydrogens (tertiary/aromatic N) is 5. The molecule has 0 amide bonds. The number of aromatic nitrogens is 5. The van der Waals surface area contributed by atoms with Crippen molar-refractivity contribution in [2.24, 2.45) is 12.9 Å². The summed E-state index contributed by atoms with van der Waals surface area (Å²) >= 11 is 0. The molecule has 0 fully saturated rings. The minimum atomic E-state index is 0.633. The Bertz CT molecular complexity index is 562. The highest BCUT2D eigenvalue weighted by Crippen LogP contribution is 2.18. The molecule has 8 nitrogen and oxygen atoms in total. The van der Waals surface area contributed by atoms with Crippen molar-refractivity contribution in [2.75, 3.05) is 17.3 Å². The number of aryl methyl sites for hydroxylation is 2. The van der Waals surface area contributed by atoms with E-state index >= 15 is 0 Å². The molecular weight excluding hydrogens is 244 g/mol. The Hall–Kier alpha value is -2.22. The molecule has 8 heteroatoms. The van der Waals surface area contributed by atoms with E-state index in [1.54, 1.807) is 6.33 Å². The molecule has 19 heavy (non-hydrogen) atoms. The lowest BCUT2D eigenvalue weighted by Crippen LogP contribution is -2.15. The van der Waals surface area contributed by atoms with Crippen LogP contribution in [0.15, 0.2) is 6.33 Å². The molecule has 0 aliphatic rings. The molecule has 0 spiro atoms. The predicted octanol–water partition coefficient (Wildman–Crippen LogP) is 0.162. The number of nitrogens with one attached hydrogen (secondary N) is 2. The SMILES string of the molecule is Cc1nc(NN)c(C)c(NCCc2nncn2C)n1. The molecule has 2 rings (SSSR count). The Kier molecular flexibility index (Phi) is 3.91. The van der Waals surface area contributed by atoms with Gasteiger partial charge in [-0.05, 0) is 13.8 Å². The lowest BCUT2D eigenvalue weighted by atomic mass is 10.3. The summed E-state index contributed by atoms with van der Waals surface area (Å²) in [5.74, 6) is 8.43. The monoisotopic (exact) mass is 262 g/mol. The molecule has 0 atom stereocenters. The molecule has 0 unspecified atom stereocenters. The third-order valence-corrected chi connectivity index (χ3v) is 2.84. The number of hydrogen-bond donors (Lipinski definition) is 3. The molecule has 0 aliphatic heterocycles. The minimum Gasteiger partial charge on any atom is -0.369 e. The van der Waals surface area contributed by atoms with Crippen molar-refractivity contribution in [2.45, 2.75) is 20.3 Å². The van der Waals surface area contributed by atoms with Crippen LogP contribution in [-0.2, 0) is 13.5 Å². The third kappa shape index (κ3) is 2.97.